The summed E-state index contributed by atoms with van der Waals surface area (Å²) in [5, 5.41) is 4.22. The van der Waals surface area contributed by atoms with Crippen molar-refractivity contribution in [2.24, 2.45) is 0 Å². The van der Waals surface area contributed by atoms with Gasteiger partial charge in [-0.1, -0.05) is 19.3 Å². The normalized spacial score (nSPS) is 15.8. The molecule has 0 saturated heterocycles. The van der Waals surface area contributed by atoms with E-state index in [0.29, 0.717) is 32.9 Å². The van der Waals surface area contributed by atoms with Crippen molar-refractivity contribution in [3.8, 4) is 11.1 Å². The Morgan fingerprint density at radius 3 is 2.36 bits per heavy atom. The number of rotatable bonds is 2. The van der Waals surface area contributed by atoms with Gasteiger partial charge < -0.3 is 0 Å². The number of hydrogen-bond donors (Lipinski definition) is 0. The molecule has 0 spiro atoms. The zero-order valence-electron chi connectivity index (χ0n) is 13.1. The molecule has 0 N–H and O–H groups in total. The molecule has 1 aliphatic carbocycles. The minimum absolute atomic E-state index is 0.105. The summed E-state index contributed by atoms with van der Waals surface area (Å²) in [6, 6.07) is 1.40. The highest BCUT2D eigenvalue weighted by molar-refractivity contribution is 14.1. The van der Waals surface area contributed by atoms with Gasteiger partial charge in [0.15, 0.2) is 0 Å². The van der Waals surface area contributed by atoms with Crippen molar-refractivity contribution in [2.45, 2.75) is 38.0 Å². The predicted octanol–water partition coefficient (Wildman–Crippen LogP) is 4.86. The van der Waals surface area contributed by atoms with E-state index in [1.807, 2.05) is 22.6 Å². The Labute approximate surface area is 155 Å². The molecule has 2 aromatic heterocycles. The highest BCUT2D eigenvalue weighted by Gasteiger charge is 2.29. The van der Waals surface area contributed by atoms with Crippen molar-refractivity contribution < 1.29 is 13.2 Å². The largest absolute Gasteiger partial charge is 0.253 e. The van der Waals surface area contributed by atoms with Crippen LogP contribution in [0.5, 0.6) is 0 Å². The van der Waals surface area contributed by atoms with Crippen LogP contribution in [0.15, 0.2) is 18.5 Å². The number of nitrogens with zero attached hydrogens (tertiary/aromatic N) is 4. The second kappa shape index (κ2) is 6.54. The summed E-state index contributed by atoms with van der Waals surface area (Å²) in [5.41, 5.74) is 0.799. The summed E-state index contributed by atoms with van der Waals surface area (Å²) in [5.74, 6) is -2.31. The molecule has 0 unspecified atom stereocenters. The molecule has 1 aromatic carbocycles. The van der Waals surface area contributed by atoms with E-state index in [4.69, 9.17) is 0 Å². The maximum atomic E-state index is 14.5. The lowest BCUT2D eigenvalue weighted by molar-refractivity contribution is 0.430. The molecule has 2 heterocycles. The highest BCUT2D eigenvalue weighted by Crippen LogP contribution is 2.41. The Hall–Kier alpha value is -1.71. The van der Waals surface area contributed by atoms with Crippen molar-refractivity contribution in [2.75, 3.05) is 0 Å². The van der Waals surface area contributed by atoms with Crippen LogP contribution in [0.3, 0.4) is 0 Å². The van der Waals surface area contributed by atoms with Gasteiger partial charge in [-0.2, -0.15) is 10.1 Å². The van der Waals surface area contributed by atoms with Crippen LogP contribution in [0.4, 0.5) is 13.2 Å². The first kappa shape index (κ1) is 16.7. The molecule has 0 bridgehead atoms. The molecule has 4 nitrogen and oxygen atoms in total. The van der Waals surface area contributed by atoms with Crippen molar-refractivity contribution >= 4 is 28.4 Å². The Bertz CT molecular complexity index is 927. The fraction of sp³-hybridized carbons (Fsp3) is 0.353. The van der Waals surface area contributed by atoms with Crippen LogP contribution < -0.4 is 0 Å². The highest BCUT2D eigenvalue weighted by atomic mass is 127. The van der Waals surface area contributed by atoms with Crippen LogP contribution in [-0.2, 0) is 0 Å². The second-order valence-electron chi connectivity index (χ2n) is 6.21. The van der Waals surface area contributed by atoms with Gasteiger partial charge in [0.1, 0.15) is 27.5 Å². The lowest BCUT2D eigenvalue weighted by Crippen LogP contribution is -2.15. The van der Waals surface area contributed by atoms with Crippen LogP contribution in [0.1, 0.15) is 43.7 Å². The zero-order chi connectivity index (χ0) is 17.6. The van der Waals surface area contributed by atoms with Crippen molar-refractivity contribution in [3.05, 3.63) is 45.3 Å². The fourth-order valence-electron chi connectivity index (χ4n) is 3.60. The summed E-state index contributed by atoms with van der Waals surface area (Å²) < 4.78 is 44.3. The molecule has 0 radical (unpaired) electrons. The van der Waals surface area contributed by atoms with E-state index in [2.05, 4.69) is 15.1 Å². The summed E-state index contributed by atoms with van der Waals surface area (Å²) in [4.78, 5) is 8.44. The standard InChI is InChI=1S/C17H14F3IN4/c18-10-6-11(19)13(12(20)7-10)14-15(9-4-2-1-3-5-9)25-17(22-8-23-25)24-16(14)21/h6-9H,1-5H2. The van der Waals surface area contributed by atoms with Crippen LogP contribution >= 0.6 is 22.6 Å². The van der Waals surface area contributed by atoms with Gasteiger partial charge in [-0.05, 0) is 35.4 Å². The Morgan fingerprint density at radius 2 is 1.68 bits per heavy atom. The maximum Gasteiger partial charge on any atom is 0.253 e. The first-order chi connectivity index (χ1) is 12.1. The van der Waals surface area contributed by atoms with Gasteiger partial charge in [0.2, 0.25) is 0 Å². The van der Waals surface area contributed by atoms with Gasteiger partial charge >= 0.3 is 0 Å². The first-order valence-electron chi connectivity index (χ1n) is 8.10. The third kappa shape index (κ3) is 2.90. The number of hydrogen-bond acceptors (Lipinski definition) is 3. The molecule has 1 fully saturated rings. The average Bonchev–Trinajstić information content (AvgIpc) is 3.02. The van der Waals surface area contributed by atoms with Gasteiger partial charge in [0.05, 0.1) is 11.3 Å². The van der Waals surface area contributed by atoms with Gasteiger partial charge in [-0.25, -0.2) is 22.7 Å². The Kier molecular flexibility index (Phi) is 4.38. The van der Waals surface area contributed by atoms with Gasteiger partial charge in [-0.15, -0.1) is 0 Å². The van der Waals surface area contributed by atoms with E-state index >= 15 is 0 Å². The van der Waals surface area contributed by atoms with Crippen molar-refractivity contribution in [1.82, 2.24) is 19.6 Å². The van der Waals surface area contributed by atoms with Crippen LogP contribution in [-0.4, -0.2) is 19.6 Å². The number of fused-ring (bicyclic) bond motifs is 1. The van der Waals surface area contributed by atoms with Gasteiger partial charge in [0.25, 0.3) is 5.78 Å². The van der Waals surface area contributed by atoms with Crippen LogP contribution in [0, 0.1) is 21.2 Å². The van der Waals surface area contributed by atoms with E-state index in [0.717, 1.165) is 32.1 Å². The molecule has 1 aliphatic rings. The predicted molar refractivity (Wildman–Crippen MR) is 94.6 cm³/mol. The fourth-order valence-corrected chi connectivity index (χ4v) is 4.36. The van der Waals surface area contributed by atoms with E-state index in [-0.39, 0.29) is 11.5 Å². The molecule has 8 heteroatoms. The smallest absolute Gasteiger partial charge is 0.207 e. The number of aromatic nitrogens is 4. The van der Waals surface area contributed by atoms with Crippen molar-refractivity contribution in [3.63, 3.8) is 0 Å². The zero-order valence-corrected chi connectivity index (χ0v) is 15.3. The molecule has 1 saturated carbocycles. The molecule has 0 amide bonds. The Morgan fingerprint density at radius 1 is 1.00 bits per heavy atom. The van der Waals surface area contributed by atoms with E-state index in [1.165, 1.54) is 6.33 Å². The van der Waals surface area contributed by atoms with E-state index in [1.54, 1.807) is 4.52 Å². The molecule has 0 atom stereocenters. The molecule has 4 rings (SSSR count). The van der Waals surface area contributed by atoms with E-state index in [9.17, 15) is 13.2 Å². The topological polar surface area (TPSA) is 43.1 Å². The second-order valence-corrected chi connectivity index (χ2v) is 7.24. The maximum absolute atomic E-state index is 14.5. The summed E-state index contributed by atoms with van der Waals surface area (Å²) >= 11 is 1.95. The third-order valence-electron chi connectivity index (χ3n) is 4.67. The van der Waals surface area contributed by atoms with Crippen molar-refractivity contribution in [1.29, 1.82) is 0 Å². The van der Waals surface area contributed by atoms with Crippen LogP contribution in [0.25, 0.3) is 16.9 Å². The third-order valence-corrected chi connectivity index (χ3v) is 5.45. The molecular weight excluding hydrogens is 444 g/mol. The molecule has 25 heavy (non-hydrogen) atoms. The minimum atomic E-state index is -0.942. The number of halogens is 4. The monoisotopic (exact) mass is 458 g/mol. The molecule has 3 aromatic rings. The summed E-state index contributed by atoms with van der Waals surface area (Å²) in [6.45, 7) is 0. The van der Waals surface area contributed by atoms with Gasteiger partial charge in [-0.3, -0.25) is 0 Å². The average molecular weight is 458 g/mol. The molecule has 0 aliphatic heterocycles. The number of benzene rings is 1. The van der Waals surface area contributed by atoms with Crippen LogP contribution in [0.2, 0.25) is 0 Å². The summed E-state index contributed by atoms with van der Waals surface area (Å²) in [7, 11) is 0. The van der Waals surface area contributed by atoms with E-state index < -0.39 is 17.5 Å². The Balaban J connectivity index is 2.05. The SMILES string of the molecule is Fc1cc(F)c(-c2c(I)nc3ncnn3c2C2CCCCC2)c(F)c1. The lowest BCUT2D eigenvalue weighted by Gasteiger charge is -2.25. The quantitative estimate of drug-likeness (QED) is 0.407. The summed E-state index contributed by atoms with van der Waals surface area (Å²) in [6.07, 6.45) is 6.44. The molecular formula is C17H14F3IN4. The lowest BCUT2D eigenvalue weighted by atomic mass is 9.84. The first-order valence-corrected chi connectivity index (χ1v) is 9.18. The molecule has 130 valence electrons. The van der Waals surface area contributed by atoms with Gasteiger partial charge in [0, 0.05) is 23.6 Å². The minimum Gasteiger partial charge on any atom is -0.207 e.